The molecule has 4 rings (SSSR count). The standard InChI is InChI=1S/C16H27N7O.ClH/c24-16(14-4-1-7-17-14)18-9-12-3-2-8-22(10-12)11-15-19-20-21-23(15)13-5-6-13;/h12-14,17H,1-11H2,(H,18,24);1H. The van der Waals surface area contributed by atoms with Crippen molar-refractivity contribution in [2.75, 3.05) is 26.2 Å². The van der Waals surface area contributed by atoms with E-state index in [0.717, 1.165) is 51.4 Å². The summed E-state index contributed by atoms with van der Waals surface area (Å²) < 4.78 is 2.00. The average molecular weight is 370 g/mol. The molecule has 1 aromatic rings. The van der Waals surface area contributed by atoms with Gasteiger partial charge in [0.05, 0.1) is 18.6 Å². The van der Waals surface area contributed by atoms with Crippen LogP contribution in [0.4, 0.5) is 0 Å². The molecule has 2 atom stereocenters. The summed E-state index contributed by atoms with van der Waals surface area (Å²) in [7, 11) is 0. The lowest BCUT2D eigenvalue weighted by molar-refractivity contribution is -0.123. The third kappa shape index (κ3) is 4.68. The number of piperidine rings is 1. The molecule has 2 saturated heterocycles. The average Bonchev–Trinajstić information content (AvgIpc) is 3.10. The van der Waals surface area contributed by atoms with E-state index in [4.69, 9.17) is 0 Å². The van der Waals surface area contributed by atoms with E-state index in [1.54, 1.807) is 0 Å². The summed E-state index contributed by atoms with van der Waals surface area (Å²) in [6.07, 6.45) is 6.82. The number of rotatable bonds is 6. The SMILES string of the molecule is Cl.O=C(NCC1CCCN(Cc2nnnn2C2CC2)C1)C1CCCN1. The van der Waals surface area contributed by atoms with Crippen molar-refractivity contribution in [3.63, 3.8) is 0 Å². The van der Waals surface area contributed by atoms with Crippen LogP contribution in [0.5, 0.6) is 0 Å². The van der Waals surface area contributed by atoms with Crippen LogP contribution in [0.2, 0.25) is 0 Å². The van der Waals surface area contributed by atoms with Crippen LogP contribution in [0.3, 0.4) is 0 Å². The van der Waals surface area contributed by atoms with Crippen LogP contribution < -0.4 is 10.6 Å². The molecule has 2 unspecified atom stereocenters. The van der Waals surface area contributed by atoms with Crippen molar-refractivity contribution < 1.29 is 4.79 Å². The first-order valence-corrected chi connectivity index (χ1v) is 9.30. The third-order valence-electron chi connectivity index (χ3n) is 5.36. The molecule has 3 heterocycles. The van der Waals surface area contributed by atoms with Crippen molar-refractivity contribution in [3.05, 3.63) is 5.82 Å². The predicted molar refractivity (Wildman–Crippen MR) is 95.4 cm³/mol. The Labute approximate surface area is 154 Å². The number of tetrazole rings is 1. The molecular weight excluding hydrogens is 342 g/mol. The molecule has 140 valence electrons. The minimum Gasteiger partial charge on any atom is -0.354 e. The zero-order valence-electron chi connectivity index (χ0n) is 14.6. The zero-order valence-corrected chi connectivity index (χ0v) is 15.4. The highest BCUT2D eigenvalue weighted by atomic mass is 35.5. The van der Waals surface area contributed by atoms with Crippen molar-refractivity contribution in [2.24, 2.45) is 5.92 Å². The summed E-state index contributed by atoms with van der Waals surface area (Å²) >= 11 is 0. The topological polar surface area (TPSA) is 88.0 Å². The van der Waals surface area contributed by atoms with E-state index in [-0.39, 0.29) is 24.4 Å². The van der Waals surface area contributed by atoms with Crippen LogP contribution in [0, 0.1) is 5.92 Å². The Bertz CT molecular complexity index is 571. The first kappa shape index (κ1) is 18.5. The minimum atomic E-state index is 0. The summed E-state index contributed by atoms with van der Waals surface area (Å²) in [5.74, 6) is 1.67. The summed E-state index contributed by atoms with van der Waals surface area (Å²) in [5, 5.41) is 18.6. The highest BCUT2D eigenvalue weighted by Gasteiger charge is 2.29. The smallest absolute Gasteiger partial charge is 0.237 e. The summed E-state index contributed by atoms with van der Waals surface area (Å²) in [5.41, 5.74) is 0. The number of nitrogens with zero attached hydrogens (tertiary/aromatic N) is 5. The maximum absolute atomic E-state index is 12.1. The van der Waals surface area contributed by atoms with Crippen molar-refractivity contribution in [1.82, 2.24) is 35.7 Å². The van der Waals surface area contributed by atoms with Crippen LogP contribution >= 0.6 is 12.4 Å². The quantitative estimate of drug-likeness (QED) is 0.759. The molecule has 1 saturated carbocycles. The van der Waals surface area contributed by atoms with E-state index < -0.39 is 0 Å². The Kier molecular flexibility index (Phi) is 6.24. The van der Waals surface area contributed by atoms with Gasteiger partial charge in [-0.05, 0) is 68.0 Å². The largest absolute Gasteiger partial charge is 0.354 e. The van der Waals surface area contributed by atoms with E-state index in [1.807, 2.05) is 4.68 Å². The van der Waals surface area contributed by atoms with Gasteiger partial charge in [-0.15, -0.1) is 17.5 Å². The fourth-order valence-corrected chi connectivity index (χ4v) is 3.86. The third-order valence-corrected chi connectivity index (χ3v) is 5.36. The number of amides is 1. The molecule has 0 aromatic carbocycles. The Morgan fingerprint density at radius 3 is 2.88 bits per heavy atom. The minimum absolute atomic E-state index is 0. The van der Waals surface area contributed by atoms with Crippen molar-refractivity contribution in [3.8, 4) is 0 Å². The Morgan fingerprint density at radius 2 is 2.12 bits per heavy atom. The lowest BCUT2D eigenvalue weighted by Crippen LogP contribution is -2.45. The van der Waals surface area contributed by atoms with Crippen LogP contribution in [-0.4, -0.2) is 63.2 Å². The normalized spacial score (nSPS) is 27.0. The lowest BCUT2D eigenvalue weighted by atomic mass is 9.98. The fraction of sp³-hybridized carbons (Fsp3) is 0.875. The molecule has 25 heavy (non-hydrogen) atoms. The van der Waals surface area contributed by atoms with Gasteiger partial charge in [-0.25, -0.2) is 4.68 Å². The van der Waals surface area contributed by atoms with Gasteiger partial charge in [-0.3, -0.25) is 9.69 Å². The maximum Gasteiger partial charge on any atom is 0.237 e. The van der Waals surface area contributed by atoms with Gasteiger partial charge in [0.25, 0.3) is 0 Å². The van der Waals surface area contributed by atoms with E-state index in [0.29, 0.717) is 12.0 Å². The second-order valence-electron chi connectivity index (χ2n) is 7.41. The van der Waals surface area contributed by atoms with Gasteiger partial charge in [-0.1, -0.05) is 0 Å². The Balaban J connectivity index is 0.00000182. The number of hydrogen-bond donors (Lipinski definition) is 2. The molecule has 0 radical (unpaired) electrons. The van der Waals surface area contributed by atoms with Crippen LogP contribution in [-0.2, 0) is 11.3 Å². The summed E-state index contributed by atoms with van der Waals surface area (Å²) in [6, 6.07) is 0.543. The number of carbonyl (C=O) groups excluding carboxylic acids is 1. The number of likely N-dealkylation sites (tertiary alicyclic amines) is 1. The number of carbonyl (C=O) groups is 1. The van der Waals surface area contributed by atoms with Gasteiger partial charge in [0.15, 0.2) is 5.82 Å². The van der Waals surface area contributed by atoms with Gasteiger partial charge >= 0.3 is 0 Å². The molecule has 0 bridgehead atoms. The molecule has 8 nitrogen and oxygen atoms in total. The molecular formula is C16H28ClN7O. The van der Waals surface area contributed by atoms with Crippen molar-refractivity contribution >= 4 is 18.3 Å². The number of hydrogen-bond acceptors (Lipinski definition) is 6. The molecule has 1 amide bonds. The van der Waals surface area contributed by atoms with Crippen LogP contribution in [0.25, 0.3) is 0 Å². The van der Waals surface area contributed by atoms with Crippen molar-refractivity contribution in [2.45, 2.75) is 57.2 Å². The summed E-state index contributed by atoms with van der Waals surface area (Å²) in [4.78, 5) is 14.6. The number of aromatic nitrogens is 4. The van der Waals surface area contributed by atoms with E-state index in [1.165, 1.54) is 25.7 Å². The zero-order chi connectivity index (χ0) is 16.4. The van der Waals surface area contributed by atoms with Gasteiger partial charge in [0.1, 0.15) is 0 Å². The molecule has 1 aromatic heterocycles. The van der Waals surface area contributed by atoms with Crippen LogP contribution in [0.15, 0.2) is 0 Å². The van der Waals surface area contributed by atoms with Crippen molar-refractivity contribution in [1.29, 1.82) is 0 Å². The molecule has 3 aliphatic rings. The lowest BCUT2D eigenvalue weighted by Gasteiger charge is -2.32. The fourth-order valence-electron chi connectivity index (χ4n) is 3.86. The van der Waals surface area contributed by atoms with Gasteiger partial charge < -0.3 is 10.6 Å². The maximum atomic E-state index is 12.1. The Morgan fingerprint density at radius 1 is 1.24 bits per heavy atom. The molecule has 3 fully saturated rings. The molecule has 2 aliphatic heterocycles. The summed E-state index contributed by atoms with van der Waals surface area (Å²) in [6.45, 7) is 4.66. The highest BCUT2D eigenvalue weighted by molar-refractivity contribution is 5.85. The molecule has 2 N–H and O–H groups in total. The second-order valence-corrected chi connectivity index (χ2v) is 7.41. The van der Waals surface area contributed by atoms with E-state index >= 15 is 0 Å². The first-order valence-electron chi connectivity index (χ1n) is 9.30. The number of halogens is 1. The molecule has 1 aliphatic carbocycles. The highest BCUT2D eigenvalue weighted by Crippen LogP contribution is 2.34. The first-order chi connectivity index (χ1) is 11.8. The Hall–Kier alpha value is -1.25. The van der Waals surface area contributed by atoms with E-state index in [2.05, 4.69) is 31.1 Å². The predicted octanol–water partition coefficient (Wildman–Crippen LogP) is 0.510. The van der Waals surface area contributed by atoms with Crippen LogP contribution in [0.1, 0.15) is 50.4 Å². The second kappa shape index (κ2) is 8.42. The van der Waals surface area contributed by atoms with Gasteiger partial charge in [-0.2, -0.15) is 0 Å². The van der Waals surface area contributed by atoms with E-state index in [9.17, 15) is 4.79 Å². The van der Waals surface area contributed by atoms with Gasteiger partial charge in [0, 0.05) is 13.1 Å². The molecule has 0 spiro atoms. The van der Waals surface area contributed by atoms with Gasteiger partial charge in [0.2, 0.25) is 5.91 Å². The monoisotopic (exact) mass is 369 g/mol. The molecule has 9 heteroatoms. The number of nitrogens with one attached hydrogen (secondary N) is 2.